The van der Waals surface area contributed by atoms with E-state index in [1.54, 1.807) is 11.9 Å². The molecule has 2 aromatic carbocycles. The highest BCUT2D eigenvalue weighted by Crippen LogP contribution is 2.24. The summed E-state index contributed by atoms with van der Waals surface area (Å²) in [6, 6.07) is 15.9. The van der Waals surface area contributed by atoms with E-state index in [9.17, 15) is 4.79 Å². The van der Waals surface area contributed by atoms with E-state index in [1.165, 1.54) is 4.90 Å². The standard InChI is InChI=1S/C14H13NOS/c1-15-17-14-4-2-3-13(9-14)12-7-5-11(10-16)6-8-12/h2-10,15H,1H3. The van der Waals surface area contributed by atoms with Crippen molar-refractivity contribution in [2.75, 3.05) is 7.05 Å². The molecule has 0 bridgehead atoms. The number of benzene rings is 2. The molecule has 0 spiro atoms. The molecule has 3 heteroatoms. The zero-order chi connectivity index (χ0) is 12.1. The molecule has 0 aromatic heterocycles. The summed E-state index contributed by atoms with van der Waals surface area (Å²) >= 11 is 1.59. The number of nitrogens with one attached hydrogen (secondary N) is 1. The van der Waals surface area contributed by atoms with Crippen LogP contribution in [0, 0.1) is 0 Å². The lowest BCUT2D eigenvalue weighted by atomic mass is 10.0. The molecule has 0 amide bonds. The number of rotatable bonds is 4. The highest BCUT2D eigenvalue weighted by molar-refractivity contribution is 7.97. The predicted octanol–water partition coefficient (Wildman–Crippen LogP) is 3.39. The number of hydrogen-bond acceptors (Lipinski definition) is 3. The average Bonchev–Trinajstić information content (AvgIpc) is 2.40. The van der Waals surface area contributed by atoms with E-state index in [0.717, 1.165) is 17.4 Å². The first-order chi connectivity index (χ1) is 8.33. The molecule has 0 heterocycles. The second kappa shape index (κ2) is 5.66. The fourth-order valence-electron chi connectivity index (χ4n) is 1.61. The van der Waals surface area contributed by atoms with E-state index >= 15 is 0 Å². The molecular formula is C14H13NOS. The molecule has 0 saturated heterocycles. The van der Waals surface area contributed by atoms with Crippen LogP contribution in [0.4, 0.5) is 0 Å². The monoisotopic (exact) mass is 243 g/mol. The molecule has 0 unspecified atom stereocenters. The van der Waals surface area contributed by atoms with Crippen LogP contribution >= 0.6 is 11.9 Å². The number of carbonyl (C=O) groups is 1. The summed E-state index contributed by atoms with van der Waals surface area (Å²) in [6.45, 7) is 0. The van der Waals surface area contributed by atoms with Crippen molar-refractivity contribution in [1.82, 2.24) is 4.72 Å². The molecule has 2 aromatic rings. The van der Waals surface area contributed by atoms with Crippen molar-refractivity contribution >= 4 is 18.2 Å². The zero-order valence-electron chi connectivity index (χ0n) is 9.51. The Balaban J connectivity index is 2.31. The Labute approximate surface area is 105 Å². The van der Waals surface area contributed by atoms with Crippen molar-refractivity contribution in [3.8, 4) is 11.1 Å². The van der Waals surface area contributed by atoms with Crippen LogP contribution in [0.2, 0.25) is 0 Å². The lowest BCUT2D eigenvalue weighted by Gasteiger charge is -2.04. The van der Waals surface area contributed by atoms with Crippen molar-refractivity contribution in [2.45, 2.75) is 4.90 Å². The molecule has 0 atom stereocenters. The van der Waals surface area contributed by atoms with Gasteiger partial charge in [0.25, 0.3) is 0 Å². The van der Waals surface area contributed by atoms with Gasteiger partial charge in [0.15, 0.2) is 0 Å². The smallest absolute Gasteiger partial charge is 0.150 e. The molecule has 86 valence electrons. The molecule has 0 aliphatic carbocycles. The minimum atomic E-state index is 0.703. The van der Waals surface area contributed by atoms with Gasteiger partial charge in [-0.25, -0.2) is 0 Å². The highest BCUT2D eigenvalue weighted by atomic mass is 32.2. The van der Waals surface area contributed by atoms with Gasteiger partial charge in [0.1, 0.15) is 6.29 Å². The van der Waals surface area contributed by atoms with Crippen LogP contribution in [0.1, 0.15) is 10.4 Å². The molecular weight excluding hydrogens is 230 g/mol. The molecule has 0 saturated carbocycles. The van der Waals surface area contributed by atoms with Crippen LogP contribution in [-0.2, 0) is 0 Å². The summed E-state index contributed by atoms with van der Waals surface area (Å²) in [5.41, 5.74) is 2.98. The topological polar surface area (TPSA) is 29.1 Å². The van der Waals surface area contributed by atoms with Gasteiger partial charge in [-0.3, -0.25) is 9.52 Å². The summed E-state index contributed by atoms with van der Waals surface area (Å²) in [4.78, 5) is 11.8. The minimum absolute atomic E-state index is 0.703. The molecule has 0 aliphatic rings. The van der Waals surface area contributed by atoms with Crippen LogP contribution in [0.15, 0.2) is 53.4 Å². The van der Waals surface area contributed by atoms with Crippen LogP contribution in [0.5, 0.6) is 0 Å². The van der Waals surface area contributed by atoms with Gasteiger partial charge in [-0.05, 0) is 42.3 Å². The highest BCUT2D eigenvalue weighted by Gasteiger charge is 1.99. The van der Waals surface area contributed by atoms with Crippen LogP contribution < -0.4 is 4.72 Å². The first-order valence-electron chi connectivity index (χ1n) is 5.33. The van der Waals surface area contributed by atoms with E-state index in [4.69, 9.17) is 0 Å². The normalized spacial score (nSPS) is 10.2. The molecule has 2 nitrogen and oxygen atoms in total. The van der Waals surface area contributed by atoms with Gasteiger partial charge in [-0.1, -0.05) is 36.4 Å². The zero-order valence-corrected chi connectivity index (χ0v) is 10.3. The largest absolute Gasteiger partial charge is 0.298 e. The predicted molar refractivity (Wildman–Crippen MR) is 72.2 cm³/mol. The maximum absolute atomic E-state index is 10.6. The third-order valence-electron chi connectivity index (χ3n) is 2.43. The Morgan fingerprint density at radius 2 is 1.82 bits per heavy atom. The van der Waals surface area contributed by atoms with E-state index < -0.39 is 0 Å². The van der Waals surface area contributed by atoms with Crippen LogP contribution in [0.25, 0.3) is 11.1 Å². The van der Waals surface area contributed by atoms with Gasteiger partial charge in [-0.15, -0.1) is 0 Å². The fourth-order valence-corrected chi connectivity index (χ4v) is 2.18. The summed E-state index contributed by atoms with van der Waals surface area (Å²) in [5, 5.41) is 0. The molecule has 1 N–H and O–H groups in total. The van der Waals surface area contributed by atoms with Gasteiger partial charge in [0, 0.05) is 10.5 Å². The van der Waals surface area contributed by atoms with Crippen LogP contribution in [-0.4, -0.2) is 13.3 Å². The van der Waals surface area contributed by atoms with Gasteiger partial charge in [-0.2, -0.15) is 0 Å². The van der Waals surface area contributed by atoms with Gasteiger partial charge in [0.05, 0.1) is 0 Å². The van der Waals surface area contributed by atoms with Crippen molar-refractivity contribution in [1.29, 1.82) is 0 Å². The minimum Gasteiger partial charge on any atom is -0.298 e. The van der Waals surface area contributed by atoms with E-state index in [2.05, 4.69) is 22.9 Å². The van der Waals surface area contributed by atoms with Crippen molar-refractivity contribution < 1.29 is 4.79 Å². The van der Waals surface area contributed by atoms with Gasteiger partial charge in [0.2, 0.25) is 0 Å². The maximum Gasteiger partial charge on any atom is 0.150 e. The molecule has 0 fully saturated rings. The maximum atomic E-state index is 10.6. The second-order valence-electron chi connectivity index (χ2n) is 3.57. The fraction of sp³-hybridized carbons (Fsp3) is 0.0714. The van der Waals surface area contributed by atoms with Gasteiger partial charge >= 0.3 is 0 Å². The average molecular weight is 243 g/mol. The third kappa shape index (κ3) is 2.96. The summed E-state index contributed by atoms with van der Waals surface area (Å²) in [6.07, 6.45) is 0.858. The van der Waals surface area contributed by atoms with E-state index in [1.807, 2.05) is 37.4 Å². The van der Waals surface area contributed by atoms with E-state index in [-0.39, 0.29) is 0 Å². The molecule has 0 radical (unpaired) electrons. The van der Waals surface area contributed by atoms with Crippen molar-refractivity contribution in [2.24, 2.45) is 0 Å². The summed E-state index contributed by atoms with van der Waals surface area (Å²) in [5.74, 6) is 0. The second-order valence-corrected chi connectivity index (χ2v) is 4.66. The van der Waals surface area contributed by atoms with Crippen LogP contribution in [0.3, 0.4) is 0 Å². The Kier molecular flexibility index (Phi) is 3.96. The Morgan fingerprint density at radius 1 is 1.06 bits per heavy atom. The number of aldehydes is 1. The van der Waals surface area contributed by atoms with E-state index in [0.29, 0.717) is 5.56 Å². The summed E-state index contributed by atoms with van der Waals surface area (Å²) < 4.78 is 3.05. The Morgan fingerprint density at radius 3 is 2.47 bits per heavy atom. The van der Waals surface area contributed by atoms with Crippen molar-refractivity contribution in [3.63, 3.8) is 0 Å². The van der Waals surface area contributed by atoms with Gasteiger partial charge < -0.3 is 0 Å². The third-order valence-corrected chi connectivity index (χ3v) is 3.13. The quantitative estimate of drug-likeness (QED) is 0.659. The lowest BCUT2D eigenvalue weighted by Crippen LogP contribution is -1.90. The first-order valence-corrected chi connectivity index (χ1v) is 6.14. The molecule has 0 aliphatic heterocycles. The SMILES string of the molecule is CNSc1cccc(-c2ccc(C=O)cc2)c1. The Bertz CT molecular complexity index is 508. The summed E-state index contributed by atoms with van der Waals surface area (Å²) in [7, 11) is 1.90. The number of carbonyl (C=O) groups excluding carboxylic acids is 1. The Hall–Kier alpha value is -1.58. The number of hydrogen-bond donors (Lipinski definition) is 1. The molecule has 17 heavy (non-hydrogen) atoms. The lowest BCUT2D eigenvalue weighted by molar-refractivity contribution is 0.112. The molecule has 2 rings (SSSR count). The van der Waals surface area contributed by atoms with Crippen molar-refractivity contribution in [3.05, 3.63) is 54.1 Å². The first kappa shape index (κ1) is 11.9.